The normalized spacial score (nSPS) is 25.3. The minimum absolute atomic E-state index is 0.00228. The van der Waals surface area contributed by atoms with Gasteiger partial charge in [0.05, 0.1) is 6.10 Å². The Labute approximate surface area is 105 Å². The van der Waals surface area contributed by atoms with Gasteiger partial charge in [-0.3, -0.25) is 4.57 Å². The zero-order valence-electron chi connectivity index (χ0n) is 10.3. The Morgan fingerprint density at radius 1 is 1.39 bits per heavy atom. The quantitative estimate of drug-likeness (QED) is 0.845. The van der Waals surface area contributed by atoms with Gasteiger partial charge in [0.2, 0.25) is 0 Å². The van der Waals surface area contributed by atoms with E-state index in [0.29, 0.717) is 0 Å². The van der Waals surface area contributed by atoms with Crippen LogP contribution >= 0.6 is 0 Å². The van der Waals surface area contributed by atoms with Crippen LogP contribution in [0.15, 0.2) is 12.4 Å². The fraction of sp³-hybridized carbons (Fsp3) is 0.750. The highest BCUT2D eigenvalue weighted by Crippen LogP contribution is 2.21. The molecule has 1 saturated carbocycles. The predicted molar refractivity (Wildman–Crippen MR) is 63.1 cm³/mol. The topological polar surface area (TPSA) is 53.1 Å². The fourth-order valence-electron chi connectivity index (χ4n) is 2.32. The Kier molecular flexibility index (Phi) is 4.66. The number of hydrogen-bond donors (Lipinski definition) is 1. The molecule has 18 heavy (non-hydrogen) atoms. The summed E-state index contributed by atoms with van der Waals surface area (Å²) in [6.07, 6.45) is 7.78. The van der Waals surface area contributed by atoms with Crippen molar-refractivity contribution in [2.75, 3.05) is 0 Å². The first-order valence-electron chi connectivity index (χ1n) is 6.35. The van der Waals surface area contributed by atoms with Crippen LogP contribution in [0, 0.1) is 0 Å². The molecular formula is C12H19F2N3O. The molecule has 1 aromatic rings. The lowest BCUT2D eigenvalue weighted by molar-refractivity contribution is 0.00456. The Balaban J connectivity index is 1.91. The molecule has 1 heterocycles. The number of ether oxygens (including phenoxy) is 1. The van der Waals surface area contributed by atoms with E-state index in [-0.39, 0.29) is 24.6 Å². The Morgan fingerprint density at radius 3 is 2.94 bits per heavy atom. The lowest BCUT2D eigenvalue weighted by atomic mass is 10.1. The number of nitrogens with two attached hydrogens (primary N) is 1. The molecule has 2 N–H and O–H groups in total. The third-order valence-electron chi connectivity index (χ3n) is 3.39. The van der Waals surface area contributed by atoms with Gasteiger partial charge in [-0.25, -0.2) is 4.98 Å². The van der Waals surface area contributed by atoms with E-state index in [4.69, 9.17) is 10.5 Å². The first-order chi connectivity index (χ1) is 8.68. The van der Waals surface area contributed by atoms with E-state index in [1.54, 1.807) is 0 Å². The van der Waals surface area contributed by atoms with Crippen LogP contribution in [-0.2, 0) is 11.3 Å². The third-order valence-corrected chi connectivity index (χ3v) is 3.39. The molecule has 0 aliphatic heterocycles. The van der Waals surface area contributed by atoms with E-state index in [9.17, 15) is 8.78 Å². The van der Waals surface area contributed by atoms with Crippen LogP contribution in [0.5, 0.6) is 0 Å². The summed E-state index contributed by atoms with van der Waals surface area (Å²) in [6, 6.07) is 0.00228. The van der Waals surface area contributed by atoms with Crippen molar-refractivity contribution in [1.29, 1.82) is 0 Å². The first kappa shape index (κ1) is 13.4. The highest BCUT2D eigenvalue weighted by molar-refractivity contribution is 4.91. The van der Waals surface area contributed by atoms with Crippen LogP contribution in [0.3, 0.4) is 0 Å². The number of rotatable bonds is 4. The number of imidazole rings is 1. The van der Waals surface area contributed by atoms with E-state index >= 15 is 0 Å². The molecular weight excluding hydrogens is 240 g/mol. The second-order valence-electron chi connectivity index (χ2n) is 4.68. The monoisotopic (exact) mass is 259 g/mol. The van der Waals surface area contributed by atoms with Crippen LogP contribution in [0.4, 0.5) is 8.78 Å². The molecule has 0 radical (unpaired) electrons. The number of nitrogens with zero attached hydrogens (tertiary/aromatic N) is 2. The average Bonchev–Trinajstić information content (AvgIpc) is 2.71. The molecule has 2 rings (SSSR count). The summed E-state index contributed by atoms with van der Waals surface area (Å²) in [5.74, 6) is 0.251. The van der Waals surface area contributed by atoms with Crippen LogP contribution in [0.25, 0.3) is 0 Å². The number of alkyl halides is 2. The van der Waals surface area contributed by atoms with Crippen molar-refractivity contribution in [1.82, 2.24) is 9.55 Å². The van der Waals surface area contributed by atoms with Gasteiger partial charge in [-0.2, -0.15) is 8.78 Å². The Morgan fingerprint density at radius 2 is 2.17 bits per heavy atom. The number of aromatic nitrogens is 2. The minimum Gasteiger partial charge on any atom is -0.369 e. The van der Waals surface area contributed by atoms with Gasteiger partial charge in [0, 0.05) is 18.4 Å². The molecule has 0 aromatic carbocycles. The average molecular weight is 259 g/mol. The smallest absolute Gasteiger partial charge is 0.320 e. The molecule has 4 nitrogen and oxygen atoms in total. The summed E-state index contributed by atoms with van der Waals surface area (Å²) in [4.78, 5) is 3.89. The van der Waals surface area contributed by atoms with E-state index in [1.165, 1.54) is 18.8 Å². The van der Waals surface area contributed by atoms with Gasteiger partial charge in [-0.1, -0.05) is 19.3 Å². The van der Waals surface area contributed by atoms with Crippen molar-refractivity contribution in [2.24, 2.45) is 5.73 Å². The fourth-order valence-corrected chi connectivity index (χ4v) is 2.32. The second kappa shape index (κ2) is 6.24. The number of halogens is 2. The van der Waals surface area contributed by atoms with Crippen molar-refractivity contribution >= 4 is 0 Å². The Bertz CT molecular complexity index is 370. The lowest BCUT2D eigenvalue weighted by Crippen LogP contribution is -2.35. The van der Waals surface area contributed by atoms with Gasteiger partial charge in [-0.15, -0.1) is 0 Å². The van der Waals surface area contributed by atoms with E-state index < -0.39 is 6.55 Å². The van der Waals surface area contributed by atoms with Gasteiger partial charge < -0.3 is 10.5 Å². The van der Waals surface area contributed by atoms with E-state index in [1.807, 2.05) is 0 Å². The zero-order chi connectivity index (χ0) is 13.0. The molecule has 1 aliphatic rings. The molecule has 0 bridgehead atoms. The molecule has 0 spiro atoms. The van der Waals surface area contributed by atoms with Crippen LogP contribution < -0.4 is 5.73 Å². The zero-order valence-corrected chi connectivity index (χ0v) is 10.3. The Hall–Kier alpha value is -1.01. The molecule has 6 heteroatoms. The predicted octanol–water partition coefficient (Wildman–Crippen LogP) is 2.45. The SMILES string of the molecule is NC1CCCCCC1OCc1nccn1C(F)F. The second-order valence-corrected chi connectivity index (χ2v) is 4.68. The van der Waals surface area contributed by atoms with Crippen LogP contribution in [0.1, 0.15) is 44.5 Å². The van der Waals surface area contributed by atoms with Crippen LogP contribution in [-0.4, -0.2) is 21.7 Å². The molecule has 0 amide bonds. The summed E-state index contributed by atoms with van der Waals surface area (Å²) in [5, 5.41) is 0. The molecule has 1 aliphatic carbocycles. The van der Waals surface area contributed by atoms with E-state index in [2.05, 4.69) is 4.98 Å². The summed E-state index contributed by atoms with van der Waals surface area (Å²) in [5.41, 5.74) is 6.02. The van der Waals surface area contributed by atoms with E-state index in [0.717, 1.165) is 30.3 Å². The standard InChI is InChI=1S/C12H19F2N3O/c13-12(14)17-7-6-16-11(17)8-18-10-5-3-1-2-4-9(10)15/h6-7,9-10,12H,1-5,8,15H2. The summed E-state index contributed by atoms with van der Waals surface area (Å²) >= 11 is 0. The molecule has 0 saturated heterocycles. The first-order valence-corrected chi connectivity index (χ1v) is 6.35. The summed E-state index contributed by atoms with van der Waals surface area (Å²) in [7, 11) is 0. The highest BCUT2D eigenvalue weighted by atomic mass is 19.3. The maximum atomic E-state index is 12.6. The van der Waals surface area contributed by atoms with Crippen LogP contribution in [0.2, 0.25) is 0 Å². The molecule has 1 aromatic heterocycles. The highest BCUT2D eigenvalue weighted by Gasteiger charge is 2.22. The molecule has 102 valence electrons. The third kappa shape index (κ3) is 3.26. The van der Waals surface area contributed by atoms with Gasteiger partial charge in [-0.05, 0) is 12.8 Å². The largest absolute Gasteiger partial charge is 0.369 e. The van der Waals surface area contributed by atoms with Crippen molar-refractivity contribution in [2.45, 2.75) is 57.4 Å². The van der Waals surface area contributed by atoms with Crippen molar-refractivity contribution in [3.8, 4) is 0 Å². The van der Waals surface area contributed by atoms with Gasteiger partial charge in [0.15, 0.2) is 0 Å². The number of hydrogen-bond acceptors (Lipinski definition) is 3. The van der Waals surface area contributed by atoms with Crippen molar-refractivity contribution in [3.63, 3.8) is 0 Å². The van der Waals surface area contributed by atoms with Gasteiger partial charge in [0.25, 0.3) is 0 Å². The summed E-state index contributed by atoms with van der Waals surface area (Å²) < 4.78 is 31.7. The summed E-state index contributed by atoms with van der Waals surface area (Å²) in [6.45, 7) is -2.48. The minimum atomic E-state index is -2.58. The molecule has 1 fully saturated rings. The van der Waals surface area contributed by atoms with Gasteiger partial charge in [0.1, 0.15) is 12.4 Å². The molecule has 2 unspecified atom stereocenters. The lowest BCUT2D eigenvalue weighted by Gasteiger charge is -2.21. The maximum absolute atomic E-state index is 12.6. The molecule has 2 atom stereocenters. The van der Waals surface area contributed by atoms with Crippen molar-refractivity contribution < 1.29 is 13.5 Å². The van der Waals surface area contributed by atoms with Crippen molar-refractivity contribution in [3.05, 3.63) is 18.2 Å². The van der Waals surface area contributed by atoms with Gasteiger partial charge >= 0.3 is 6.55 Å². The maximum Gasteiger partial charge on any atom is 0.320 e.